The van der Waals surface area contributed by atoms with Crippen LogP contribution in [0.3, 0.4) is 0 Å². The van der Waals surface area contributed by atoms with Gasteiger partial charge < -0.3 is 4.90 Å². The molecule has 0 N–H and O–H groups in total. The van der Waals surface area contributed by atoms with E-state index in [4.69, 9.17) is 0 Å². The third kappa shape index (κ3) is 4.88. The predicted molar refractivity (Wildman–Crippen MR) is 231 cm³/mol. The van der Waals surface area contributed by atoms with Gasteiger partial charge in [-0.2, -0.15) is 0 Å². The molecule has 0 atom stereocenters. The van der Waals surface area contributed by atoms with E-state index in [1.54, 1.807) is 0 Å². The molecule has 55 heavy (non-hydrogen) atoms. The third-order valence-corrected chi connectivity index (χ3v) is 12.7. The second kappa shape index (κ2) is 12.8. The normalized spacial score (nSPS) is 13.2. The number of para-hydroxylation sites is 1. The van der Waals surface area contributed by atoms with Crippen molar-refractivity contribution in [3.63, 3.8) is 0 Å². The van der Waals surface area contributed by atoms with Crippen molar-refractivity contribution in [1.82, 2.24) is 0 Å². The van der Waals surface area contributed by atoms with E-state index in [2.05, 4.69) is 217 Å². The molecule has 1 heterocycles. The summed E-state index contributed by atoms with van der Waals surface area (Å²) >= 11 is 1.92. The van der Waals surface area contributed by atoms with Gasteiger partial charge in [0.25, 0.3) is 0 Å². The van der Waals surface area contributed by atoms with Crippen molar-refractivity contribution in [2.75, 3.05) is 4.90 Å². The summed E-state index contributed by atoms with van der Waals surface area (Å²) in [6.45, 7) is 0. The van der Waals surface area contributed by atoms with Crippen molar-refractivity contribution in [1.29, 1.82) is 0 Å². The smallest absolute Gasteiger partial charge is 0.0741 e. The lowest BCUT2D eigenvalue weighted by molar-refractivity contribution is 0.731. The molecule has 1 aliphatic heterocycles. The molecule has 0 unspecified atom stereocenters. The minimum atomic E-state index is -0.448. The van der Waals surface area contributed by atoms with E-state index in [1.807, 2.05) is 11.8 Å². The lowest BCUT2D eigenvalue weighted by Gasteiger charge is -2.41. The Bertz CT molecular complexity index is 2830. The molecule has 11 rings (SSSR count). The summed E-state index contributed by atoms with van der Waals surface area (Å²) in [5.74, 6) is 0. The molecule has 2 heteroatoms. The number of hydrogen-bond donors (Lipinski definition) is 0. The lowest BCUT2D eigenvalue weighted by Crippen LogP contribution is -2.32. The molecule has 9 aromatic rings. The van der Waals surface area contributed by atoms with Gasteiger partial charge in [-0.3, -0.25) is 0 Å². The van der Waals surface area contributed by atoms with Crippen LogP contribution in [-0.2, 0) is 5.41 Å². The fourth-order valence-corrected chi connectivity index (χ4v) is 10.5. The van der Waals surface area contributed by atoms with Crippen LogP contribution in [0.4, 0.5) is 17.1 Å². The Morgan fingerprint density at radius 2 is 0.855 bits per heavy atom. The Kier molecular flexibility index (Phi) is 7.40. The van der Waals surface area contributed by atoms with Gasteiger partial charge in [-0.05, 0) is 109 Å². The van der Waals surface area contributed by atoms with Crippen LogP contribution in [0.2, 0.25) is 0 Å². The molecule has 0 saturated heterocycles. The van der Waals surface area contributed by atoms with E-state index < -0.39 is 5.41 Å². The van der Waals surface area contributed by atoms with Gasteiger partial charge in [-0.1, -0.05) is 182 Å². The van der Waals surface area contributed by atoms with Crippen LogP contribution >= 0.6 is 11.8 Å². The van der Waals surface area contributed by atoms with Crippen LogP contribution in [0.15, 0.2) is 222 Å². The van der Waals surface area contributed by atoms with Crippen LogP contribution in [0, 0.1) is 0 Å². The van der Waals surface area contributed by atoms with Crippen molar-refractivity contribution < 1.29 is 0 Å². The molecule has 9 aromatic carbocycles. The standard InChI is InChI=1S/C53H35NS/c1-3-14-36(15-4-1)37-26-31-41(32-27-37)54(40-17-5-2-6-18-40)42-33-28-39(29-34-42)44-22-13-25-49-52(44)55-50-35-30-38-16-7-8-19-43(38)51(50)53(49)47-23-11-9-20-45(47)46-21-10-12-24-48(46)53/h1-35H. The van der Waals surface area contributed by atoms with Gasteiger partial charge in [0.05, 0.1) is 5.41 Å². The Labute approximate surface area is 326 Å². The van der Waals surface area contributed by atoms with Crippen LogP contribution in [-0.4, -0.2) is 0 Å². The number of fused-ring (bicyclic) bond motifs is 11. The maximum absolute atomic E-state index is 2.39. The van der Waals surface area contributed by atoms with Crippen molar-refractivity contribution in [3.8, 4) is 33.4 Å². The second-order valence-electron chi connectivity index (χ2n) is 14.4. The highest BCUT2D eigenvalue weighted by Gasteiger charge is 2.51. The van der Waals surface area contributed by atoms with E-state index in [0.29, 0.717) is 0 Å². The van der Waals surface area contributed by atoms with Crippen molar-refractivity contribution in [2.24, 2.45) is 0 Å². The molecule has 0 fully saturated rings. The molecule has 0 saturated carbocycles. The van der Waals surface area contributed by atoms with E-state index in [-0.39, 0.29) is 0 Å². The first-order valence-electron chi connectivity index (χ1n) is 18.9. The highest BCUT2D eigenvalue weighted by Crippen LogP contribution is 2.64. The zero-order valence-electron chi connectivity index (χ0n) is 30.1. The number of benzene rings is 9. The first-order chi connectivity index (χ1) is 27.3. The summed E-state index contributed by atoms with van der Waals surface area (Å²) in [5, 5.41) is 2.59. The van der Waals surface area contributed by atoms with Gasteiger partial charge in [0.15, 0.2) is 0 Å². The Hall–Kier alpha value is -6.61. The number of rotatable bonds is 5. The second-order valence-corrected chi connectivity index (χ2v) is 15.5. The number of nitrogens with zero attached hydrogens (tertiary/aromatic N) is 1. The van der Waals surface area contributed by atoms with Crippen molar-refractivity contribution in [3.05, 3.63) is 235 Å². The highest BCUT2D eigenvalue weighted by atomic mass is 32.2. The van der Waals surface area contributed by atoms with Crippen LogP contribution in [0.5, 0.6) is 0 Å². The number of hydrogen-bond acceptors (Lipinski definition) is 2. The highest BCUT2D eigenvalue weighted by molar-refractivity contribution is 7.99. The summed E-state index contributed by atoms with van der Waals surface area (Å²) < 4.78 is 0. The zero-order valence-corrected chi connectivity index (χ0v) is 30.9. The van der Waals surface area contributed by atoms with Crippen molar-refractivity contribution in [2.45, 2.75) is 15.2 Å². The molecule has 0 aromatic heterocycles. The monoisotopic (exact) mass is 717 g/mol. The largest absolute Gasteiger partial charge is 0.311 e. The summed E-state index contributed by atoms with van der Waals surface area (Å²) in [6.07, 6.45) is 0. The van der Waals surface area contributed by atoms with Gasteiger partial charge in [0.1, 0.15) is 0 Å². The molecule has 1 nitrogen and oxygen atoms in total. The summed E-state index contributed by atoms with van der Waals surface area (Å²) in [6, 6.07) is 78.0. The molecule has 1 spiro atoms. The minimum Gasteiger partial charge on any atom is -0.311 e. The zero-order chi connectivity index (χ0) is 36.3. The average molecular weight is 718 g/mol. The number of anilines is 3. The third-order valence-electron chi connectivity index (χ3n) is 11.5. The Morgan fingerprint density at radius 1 is 0.345 bits per heavy atom. The molecular weight excluding hydrogens is 683 g/mol. The van der Waals surface area contributed by atoms with Gasteiger partial charge in [-0.25, -0.2) is 0 Å². The first-order valence-corrected chi connectivity index (χ1v) is 19.7. The summed E-state index contributed by atoms with van der Waals surface area (Å²) in [5.41, 5.74) is 15.9. The predicted octanol–water partition coefficient (Wildman–Crippen LogP) is 14.5. The molecule has 258 valence electrons. The molecule has 0 amide bonds. The first kappa shape index (κ1) is 31.9. The van der Waals surface area contributed by atoms with E-state index in [1.165, 1.54) is 76.2 Å². The lowest BCUT2D eigenvalue weighted by atomic mass is 9.66. The van der Waals surface area contributed by atoms with Crippen LogP contribution < -0.4 is 4.90 Å². The topological polar surface area (TPSA) is 3.24 Å². The van der Waals surface area contributed by atoms with Crippen LogP contribution in [0.1, 0.15) is 22.3 Å². The molecule has 0 radical (unpaired) electrons. The summed E-state index contributed by atoms with van der Waals surface area (Å²) in [7, 11) is 0. The fraction of sp³-hybridized carbons (Fsp3) is 0.0189. The Balaban J connectivity index is 1.07. The van der Waals surface area contributed by atoms with E-state index in [0.717, 1.165) is 17.1 Å². The minimum absolute atomic E-state index is 0.448. The van der Waals surface area contributed by atoms with E-state index >= 15 is 0 Å². The molecular formula is C53H35NS. The maximum atomic E-state index is 2.39. The molecule has 2 aliphatic rings. The van der Waals surface area contributed by atoms with E-state index in [9.17, 15) is 0 Å². The fourth-order valence-electron chi connectivity index (χ4n) is 9.18. The van der Waals surface area contributed by atoms with Gasteiger partial charge in [0.2, 0.25) is 0 Å². The van der Waals surface area contributed by atoms with Gasteiger partial charge in [-0.15, -0.1) is 0 Å². The molecule has 0 bridgehead atoms. The summed E-state index contributed by atoms with van der Waals surface area (Å²) in [4.78, 5) is 4.98. The quantitative estimate of drug-likeness (QED) is 0.174. The van der Waals surface area contributed by atoms with Crippen molar-refractivity contribution >= 4 is 39.6 Å². The van der Waals surface area contributed by atoms with Crippen LogP contribution in [0.25, 0.3) is 44.2 Å². The average Bonchev–Trinajstić information content (AvgIpc) is 3.55. The van der Waals surface area contributed by atoms with Gasteiger partial charge >= 0.3 is 0 Å². The maximum Gasteiger partial charge on any atom is 0.0741 e. The molecule has 1 aliphatic carbocycles. The Morgan fingerprint density at radius 3 is 1.55 bits per heavy atom. The van der Waals surface area contributed by atoms with Gasteiger partial charge in [0, 0.05) is 26.9 Å². The SMILES string of the molecule is c1ccc(-c2ccc(N(c3ccccc3)c3ccc(-c4cccc5c4Sc4ccc6ccccc6c4C54c5ccccc5-c5ccccc54)cc3)cc2)cc1.